The van der Waals surface area contributed by atoms with Gasteiger partial charge in [0.2, 0.25) is 0 Å². The van der Waals surface area contributed by atoms with E-state index in [1.54, 1.807) is 6.92 Å². The summed E-state index contributed by atoms with van der Waals surface area (Å²) in [4.78, 5) is 10.5. The molecule has 17 heavy (non-hydrogen) atoms. The van der Waals surface area contributed by atoms with Crippen molar-refractivity contribution in [1.29, 1.82) is 0 Å². The maximum Gasteiger partial charge on any atom is 0.129 e. The Balaban J connectivity index is 0. The highest BCUT2D eigenvalue weighted by atomic mass is 16.3. The molecule has 0 aliphatic rings. The molecule has 0 fully saturated rings. The van der Waals surface area contributed by atoms with E-state index >= 15 is 0 Å². The Morgan fingerprint density at radius 3 is 1.82 bits per heavy atom. The summed E-state index contributed by atoms with van der Waals surface area (Å²) < 4.78 is 0. The standard InChI is InChI=1S/C10H20O.C3H8O3/c1-3-4-5-6-7-8-9-10(2)11;4-1-3(6)2-5/h3-9H2,1-2H3;3-6H,1-2H2. The van der Waals surface area contributed by atoms with E-state index in [0.29, 0.717) is 5.78 Å². The van der Waals surface area contributed by atoms with E-state index < -0.39 is 6.10 Å². The smallest absolute Gasteiger partial charge is 0.129 e. The third-order valence-electron chi connectivity index (χ3n) is 2.30. The zero-order valence-corrected chi connectivity index (χ0v) is 11.2. The molecule has 0 aromatic heterocycles. The van der Waals surface area contributed by atoms with Crippen LogP contribution in [0.2, 0.25) is 0 Å². The average molecular weight is 248 g/mol. The monoisotopic (exact) mass is 248 g/mol. The average Bonchev–Trinajstić information content (AvgIpc) is 2.33. The lowest BCUT2D eigenvalue weighted by atomic mass is 10.1. The van der Waals surface area contributed by atoms with E-state index in [9.17, 15) is 4.79 Å². The van der Waals surface area contributed by atoms with Gasteiger partial charge in [-0.3, -0.25) is 0 Å². The maximum absolute atomic E-state index is 10.5. The first-order chi connectivity index (χ1) is 8.08. The Kier molecular flexibility index (Phi) is 17.3. The number of carbonyl (C=O) groups excluding carboxylic acids is 1. The summed E-state index contributed by atoms with van der Waals surface area (Å²) in [6.45, 7) is 3.16. The van der Waals surface area contributed by atoms with Crippen molar-refractivity contribution in [3.8, 4) is 0 Å². The normalized spacial score (nSPS) is 10.0. The van der Waals surface area contributed by atoms with E-state index in [-0.39, 0.29) is 13.2 Å². The number of carbonyl (C=O) groups is 1. The van der Waals surface area contributed by atoms with Crippen LogP contribution in [0.15, 0.2) is 0 Å². The van der Waals surface area contributed by atoms with Crippen LogP contribution < -0.4 is 0 Å². The largest absolute Gasteiger partial charge is 0.394 e. The number of aliphatic hydroxyl groups is 3. The van der Waals surface area contributed by atoms with Crippen LogP contribution in [0, 0.1) is 0 Å². The van der Waals surface area contributed by atoms with Crippen molar-refractivity contribution in [2.45, 2.75) is 64.9 Å². The van der Waals surface area contributed by atoms with Crippen LogP contribution in [0.4, 0.5) is 0 Å². The zero-order chi connectivity index (χ0) is 13.5. The van der Waals surface area contributed by atoms with Crippen LogP contribution in [-0.4, -0.2) is 40.4 Å². The molecule has 0 bridgehead atoms. The number of aliphatic hydroxyl groups excluding tert-OH is 3. The van der Waals surface area contributed by atoms with Gasteiger partial charge in [0.25, 0.3) is 0 Å². The third kappa shape index (κ3) is 21.4. The quantitative estimate of drug-likeness (QED) is 0.542. The fourth-order valence-corrected chi connectivity index (χ4v) is 1.21. The molecule has 0 saturated heterocycles. The Morgan fingerprint density at radius 2 is 1.47 bits per heavy atom. The van der Waals surface area contributed by atoms with E-state index in [1.807, 2.05) is 0 Å². The topological polar surface area (TPSA) is 77.8 Å². The molecular weight excluding hydrogens is 220 g/mol. The number of unbranched alkanes of at least 4 members (excludes halogenated alkanes) is 5. The highest BCUT2D eigenvalue weighted by Crippen LogP contribution is 2.06. The van der Waals surface area contributed by atoms with Crippen molar-refractivity contribution >= 4 is 5.78 Å². The zero-order valence-electron chi connectivity index (χ0n) is 11.2. The Hall–Kier alpha value is -0.450. The summed E-state index contributed by atoms with van der Waals surface area (Å²) in [7, 11) is 0. The van der Waals surface area contributed by atoms with Crippen LogP contribution in [0.25, 0.3) is 0 Å². The van der Waals surface area contributed by atoms with Crippen LogP contribution in [0.1, 0.15) is 58.8 Å². The minimum Gasteiger partial charge on any atom is -0.394 e. The minimum absolute atomic E-state index is 0.334. The molecule has 0 aliphatic carbocycles. The van der Waals surface area contributed by atoms with Crippen LogP contribution >= 0.6 is 0 Å². The predicted molar refractivity (Wildman–Crippen MR) is 68.9 cm³/mol. The number of rotatable bonds is 9. The summed E-state index contributed by atoms with van der Waals surface area (Å²) in [6.07, 6.45) is 7.46. The summed E-state index contributed by atoms with van der Waals surface area (Å²) in [5, 5.41) is 24.0. The molecular formula is C13H28O4. The molecule has 4 heteroatoms. The van der Waals surface area contributed by atoms with Crippen LogP contribution in [-0.2, 0) is 4.79 Å². The number of hydrogen-bond acceptors (Lipinski definition) is 4. The first kappa shape index (κ1) is 18.9. The molecule has 0 spiro atoms. The Labute approximate surface area is 105 Å². The van der Waals surface area contributed by atoms with Gasteiger partial charge in [-0.2, -0.15) is 0 Å². The Morgan fingerprint density at radius 1 is 1.00 bits per heavy atom. The minimum atomic E-state index is -0.954. The van der Waals surface area contributed by atoms with Gasteiger partial charge >= 0.3 is 0 Å². The van der Waals surface area contributed by atoms with Gasteiger partial charge in [-0.15, -0.1) is 0 Å². The summed E-state index contributed by atoms with van der Waals surface area (Å²) >= 11 is 0. The number of Topliss-reactive ketones (excluding diaryl/α,β-unsaturated/α-hetero) is 1. The molecule has 104 valence electrons. The molecule has 0 aliphatic heterocycles. The molecule has 0 amide bonds. The molecule has 0 aromatic carbocycles. The first-order valence-corrected chi connectivity index (χ1v) is 6.47. The predicted octanol–water partition coefficient (Wildman–Crippen LogP) is 1.66. The van der Waals surface area contributed by atoms with Crippen LogP contribution in [0.3, 0.4) is 0 Å². The van der Waals surface area contributed by atoms with Gasteiger partial charge in [-0.05, 0) is 13.3 Å². The highest BCUT2D eigenvalue weighted by Gasteiger charge is 1.94. The van der Waals surface area contributed by atoms with Crippen molar-refractivity contribution in [2.24, 2.45) is 0 Å². The van der Waals surface area contributed by atoms with Crippen molar-refractivity contribution in [3.63, 3.8) is 0 Å². The van der Waals surface area contributed by atoms with Gasteiger partial charge in [-0.1, -0.05) is 39.0 Å². The summed E-state index contributed by atoms with van der Waals surface area (Å²) in [6, 6.07) is 0. The molecule has 0 unspecified atom stereocenters. The summed E-state index contributed by atoms with van der Waals surface area (Å²) in [5.74, 6) is 0.334. The highest BCUT2D eigenvalue weighted by molar-refractivity contribution is 5.75. The lowest BCUT2D eigenvalue weighted by Crippen LogP contribution is -2.15. The van der Waals surface area contributed by atoms with E-state index in [0.717, 1.165) is 12.8 Å². The van der Waals surface area contributed by atoms with Crippen molar-refractivity contribution in [2.75, 3.05) is 13.2 Å². The molecule has 4 nitrogen and oxygen atoms in total. The van der Waals surface area contributed by atoms with Gasteiger partial charge in [-0.25, -0.2) is 0 Å². The van der Waals surface area contributed by atoms with Crippen molar-refractivity contribution in [3.05, 3.63) is 0 Å². The van der Waals surface area contributed by atoms with Gasteiger partial charge in [0, 0.05) is 6.42 Å². The second-order valence-corrected chi connectivity index (χ2v) is 4.24. The lowest BCUT2D eigenvalue weighted by molar-refractivity contribution is -0.117. The Bertz CT molecular complexity index is 155. The van der Waals surface area contributed by atoms with Crippen molar-refractivity contribution < 1.29 is 20.1 Å². The van der Waals surface area contributed by atoms with E-state index in [1.165, 1.54) is 32.1 Å². The second kappa shape index (κ2) is 15.6. The van der Waals surface area contributed by atoms with Gasteiger partial charge < -0.3 is 20.1 Å². The molecule has 0 rings (SSSR count). The number of ketones is 1. The maximum atomic E-state index is 10.5. The summed E-state index contributed by atoms with van der Waals surface area (Å²) in [5.41, 5.74) is 0. The van der Waals surface area contributed by atoms with Crippen molar-refractivity contribution in [1.82, 2.24) is 0 Å². The lowest BCUT2D eigenvalue weighted by Gasteiger charge is -1.97. The molecule has 0 radical (unpaired) electrons. The van der Waals surface area contributed by atoms with Crippen LogP contribution in [0.5, 0.6) is 0 Å². The van der Waals surface area contributed by atoms with Gasteiger partial charge in [0.15, 0.2) is 0 Å². The fraction of sp³-hybridized carbons (Fsp3) is 0.923. The number of hydrogen-bond donors (Lipinski definition) is 3. The SMILES string of the molecule is CCCCCCCCC(C)=O.OCC(O)CO. The van der Waals surface area contributed by atoms with Gasteiger partial charge in [0.05, 0.1) is 13.2 Å². The fourth-order valence-electron chi connectivity index (χ4n) is 1.21. The molecule has 0 aromatic rings. The first-order valence-electron chi connectivity index (χ1n) is 6.47. The second-order valence-electron chi connectivity index (χ2n) is 4.24. The molecule has 3 N–H and O–H groups in total. The van der Waals surface area contributed by atoms with E-state index in [2.05, 4.69) is 6.92 Å². The molecule has 0 saturated carbocycles. The molecule has 0 heterocycles. The van der Waals surface area contributed by atoms with E-state index in [4.69, 9.17) is 15.3 Å². The molecule has 0 atom stereocenters. The van der Waals surface area contributed by atoms with Gasteiger partial charge in [0.1, 0.15) is 11.9 Å². The third-order valence-corrected chi connectivity index (χ3v) is 2.30.